The van der Waals surface area contributed by atoms with Gasteiger partial charge in [-0.2, -0.15) is 0 Å². The molecule has 0 bridgehead atoms. The zero-order valence-corrected chi connectivity index (χ0v) is 21.6. The van der Waals surface area contributed by atoms with Gasteiger partial charge in [-0.1, -0.05) is 31.5 Å². The lowest BCUT2D eigenvalue weighted by molar-refractivity contribution is -0.139. The predicted molar refractivity (Wildman–Crippen MR) is 140 cm³/mol. The van der Waals surface area contributed by atoms with Crippen molar-refractivity contribution >= 4 is 23.3 Å². The summed E-state index contributed by atoms with van der Waals surface area (Å²) in [6.07, 6.45) is 5.21. The van der Waals surface area contributed by atoms with Crippen molar-refractivity contribution in [1.82, 2.24) is 4.90 Å². The van der Waals surface area contributed by atoms with Gasteiger partial charge in [-0.25, -0.2) is 0 Å². The number of amides is 2. The summed E-state index contributed by atoms with van der Waals surface area (Å²) in [4.78, 5) is 42.7. The van der Waals surface area contributed by atoms with Gasteiger partial charge in [-0.05, 0) is 61.6 Å². The Morgan fingerprint density at radius 3 is 2.50 bits per heavy atom. The number of unbranched alkanes of at least 4 members (excludes halogenated alkanes) is 1. The summed E-state index contributed by atoms with van der Waals surface area (Å²) in [6.45, 7) is 7.66. The highest BCUT2D eigenvalue weighted by Crippen LogP contribution is 2.41. The van der Waals surface area contributed by atoms with Crippen LogP contribution >= 0.6 is 0 Å². The standard InChI is InChI=1S/C30H36N2O4/c1-4-5-6-22-7-9-24(10-8-22)32-19-23(17-27(32)34)29(35)31-13-11-30(12-14-31)18-25(33)28-21(3)15-20(2)16-26(28)36-30/h7-10,15-16,23H,4-6,11-14,17-19H2,1-3H3. The van der Waals surface area contributed by atoms with Crippen molar-refractivity contribution in [1.29, 1.82) is 0 Å². The Kier molecular flexibility index (Phi) is 6.62. The van der Waals surface area contributed by atoms with Crippen LogP contribution in [0.3, 0.4) is 0 Å². The summed E-state index contributed by atoms with van der Waals surface area (Å²) >= 11 is 0. The maximum Gasteiger partial charge on any atom is 0.228 e. The molecule has 2 fully saturated rings. The first-order valence-corrected chi connectivity index (χ1v) is 13.3. The Labute approximate surface area is 213 Å². The number of aryl methyl sites for hydroxylation is 3. The monoisotopic (exact) mass is 488 g/mol. The molecule has 0 radical (unpaired) electrons. The van der Waals surface area contributed by atoms with Crippen molar-refractivity contribution in [3.8, 4) is 5.75 Å². The van der Waals surface area contributed by atoms with E-state index >= 15 is 0 Å². The Bertz CT molecular complexity index is 1180. The molecule has 2 aromatic rings. The van der Waals surface area contributed by atoms with Crippen molar-refractivity contribution < 1.29 is 19.1 Å². The molecule has 190 valence electrons. The number of carbonyl (C=O) groups is 3. The molecule has 2 amide bonds. The van der Waals surface area contributed by atoms with Crippen molar-refractivity contribution in [3.63, 3.8) is 0 Å². The third kappa shape index (κ3) is 4.65. The summed E-state index contributed by atoms with van der Waals surface area (Å²) < 4.78 is 6.45. The van der Waals surface area contributed by atoms with Gasteiger partial charge in [0.25, 0.3) is 0 Å². The molecule has 36 heavy (non-hydrogen) atoms. The first kappa shape index (κ1) is 24.5. The number of rotatable bonds is 5. The minimum Gasteiger partial charge on any atom is -0.486 e. The molecular weight excluding hydrogens is 452 g/mol. The normalized spacial score (nSPS) is 21.0. The highest BCUT2D eigenvalue weighted by atomic mass is 16.5. The average Bonchev–Trinajstić information content (AvgIpc) is 3.24. The molecule has 2 saturated heterocycles. The zero-order valence-electron chi connectivity index (χ0n) is 21.6. The Hall–Kier alpha value is -3.15. The first-order valence-electron chi connectivity index (χ1n) is 13.3. The molecule has 6 heteroatoms. The number of hydrogen-bond acceptors (Lipinski definition) is 4. The molecule has 6 nitrogen and oxygen atoms in total. The topological polar surface area (TPSA) is 66.9 Å². The van der Waals surface area contributed by atoms with E-state index in [0.29, 0.717) is 50.2 Å². The highest BCUT2D eigenvalue weighted by Gasteiger charge is 2.46. The summed E-state index contributed by atoms with van der Waals surface area (Å²) in [6, 6.07) is 12.1. The molecule has 0 aromatic heterocycles. The lowest BCUT2D eigenvalue weighted by Gasteiger charge is -2.44. The molecule has 5 rings (SSSR count). The number of fused-ring (bicyclic) bond motifs is 1. The molecule has 1 spiro atoms. The minimum absolute atomic E-state index is 0.00620. The number of likely N-dealkylation sites (tertiary alicyclic amines) is 1. The number of anilines is 1. The smallest absolute Gasteiger partial charge is 0.228 e. The van der Waals surface area contributed by atoms with Crippen molar-refractivity contribution in [3.05, 3.63) is 58.7 Å². The van der Waals surface area contributed by atoms with Crippen LogP contribution in [0, 0.1) is 19.8 Å². The SMILES string of the molecule is CCCCc1ccc(N2CC(C(=O)N3CCC4(CC3)CC(=O)c3c(C)cc(C)cc3O4)CC2=O)cc1. The average molecular weight is 489 g/mol. The van der Waals surface area contributed by atoms with Crippen LogP contribution < -0.4 is 9.64 Å². The minimum atomic E-state index is -0.544. The number of benzene rings is 2. The van der Waals surface area contributed by atoms with Crippen LogP contribution in [0.15, 0.2) is 36.4 Å². The van der Waals surface area contributed by atoms with Crippen LogP contribution in [0.1, 0.15) is 72.5 Å². The van der Waals surface area contributed by atoms with E-state index in [1.165, 1.54) is 5.56 Å². The van der Waals surface area contributed by atoms with Gasteiger partial charge in [0.05, 0.1) is 17.9 Å². The van der Waals surface area contributed by atoms with E-state index in [0.717, 1.165) is 36.1 Å². The van der Waals surface area contributed by atoms with Gasteiger partial charge in [0.2, 0.25) is 11.8 Å². The van der Waals surface area contributed by atoms with E-state index in [2.05, 4.69) is 19.1 Å². The molecule has 1 unspecified atom stereocenters. The van der Waals surface area contributed by atoms with E-state index in [-0.39, 0.29) is 29.9 Å². The van der Waals surface area contributed by atoms with Gasteiger partial charge in [0, 0.05) is 44.6 Å². The number of carbonyl (C=O) groups excluding carboxylic acids is 3. The second-order valence-electron chi connectivity index (χ2n) is 10.8. The second kappa shape index (κ2) is 9.72. The third-order valence-electron chi connectivity index (χ3n) is 8.06. The Morgan fingerprint density at radius 2 is 1.81 bits per heavy atom. The van der Waals surface area contributed by atoms with Crippen LogP contribution in [0.25, 0.3) is 0 Å². The lowest BCUT2D eigenvalue weighted by Crippen LogP contribution is -2.53. The van der Waals surface area contributed by atoms with Crippen LogP contribution in [0.5, 0.6) is 5.75 Å². The van der Waals surface area contributed by atoms with E-state index in [1.54, 1.807) is 4.90 Å². The van der Waals surface area contributed by atoms with Crippen LogP contribution in [0.2, 0.25) is 0 Å². The van der Waals surface area contributed by atoms with Crippen molar-refractivity contribution in [2.45, 2.75) is 71.3 Å². The molecule has 2 aromatic carbocycles. The number of piperidine rings is 1. The van der Waals surface area contributed by atoms with E-state index in [9.17, 15) is 14.4 Å². The molecule has 3 aliphatic rings. The van der Waals surface area contributed by atoms with Crippen LogP contribution in [-0.2, 0) is 16.0 Å². The number of hydrogen-bond donors (Lipinski definition) is 0. The molecule has 1 atom stereocenters. The van der Waals surface area contributed by atoms with Gasteiger partial charge in [-0.15, -0.1) is 0 Å². The molecule has 0 aliphatic carbocycles. The fourth-order valence-electron chi connectivity index (χ4n) is 6.03. The molecule has 3 aliphatic heterocycles. The van der Waals surface area contributed by atoms with Crippen LogP contribution in [-0.4, -0.2) is 47.7 Å². The molecule has 0 saturated carbocycles. The van der Waals surface area contributed by atoms with Gasteiger partial charge in [-0.3, -0.25) is 14.4 Å². The fraction of sp³-hybridized carbons (Fsp3) is 0.500. The number of ether oxygens (including phenoxy) is 1. The zero-order chi connectivity index (χ0) is 25.4. The van der Waals surface area contributed by atoms with Crippen molar-refractivity contribution in [2.75, 3.05) is 24.5 Å². The predicted octanol–water partition coefficient (Wildman–Crippen LogP) is 5.03. The number of ketones is 1. The fourth-order valence-corrected chi connectivity index (χ4v) is 6.03. The second-order valence-corrected chi connectivity index (χ2v) is 10.8. The largest absolute Gasteiger partial charge is 0.486 e. The first-order chi connectivity index (χ1) is 17.3. The van der Waals surface area contributed by atoms with Gasteiger partial charge < -0.3 is 14.5 Å². The van der Waals surface area contributed by atoms with Crippen molar-refractivity contribution in [2.24, 2.45) is 5.92 Å². The lowest BCUT2D eigenvalue weighted by atomic mass is 9.81. The molecule has 3 heterocycles. The summed E-state index contributed by atoms with van der Waals surface area (Å²) in [7, 11) is 0. The highest BCUT2D eigenvalue weighted by molar-refractivity contribution is 6.02. The van der Waals surface area contributed by atoms with E-state index in [4.69, 9.17) is 4.74 Å². The summed E-state index contributed by atoms with van der Waals surface area (Å²) in [5, 5.41) is 0. The van der Waals surface area contributed by atoms with Gasteiger partial charge in [0.1, 0.15) is 11.4 Å². The molecular formula is C30H36N2O4. The van der Waals surface area contributed by atoms with Gasteiger partial charge >= 0.3 is 0 Å². The number of Topliss-reactive ketones (excluding diaryl/α,β-unsaturated/α-hetero) is 1. The van der Waals surface area contributed by atoms with E-state index < -0.39 is 5.60 Å². The van der Waals surface area contributed by atoms with Gasteiger partial charge in [0.15, 0.2) is 5.78 Å². The summed E-state index contributed by atoms with van der Waals surface area (Å²) in [5.41, 5.74) is 4.34. The molecule has 0 N–H and O–H groups in total. The summed E-state index contributed by atoms with van der Waals surface area (Å²) in [5.74, 6) is 0.528. The van der Waals surface area contributed by atoms with Crippen LogP contribution in [0.4, 0.5) is 5.69 Å². The Balaban J connectivity index is 1.21. The van der Waals surface area contributed by atoms with E-state index in [1.807, 2.05) is 43.0 Å². The third-order valence-corrected chi connectivity index (χ3v) is 8.06. The maximum atomic E-state index is 13.4. The Morgan fingerprint density at radius 1 is 1.08 bits per heavy atom. The number of nitrogens with zero attached hydrogens (tertiary/aromatic N) is 2. The quantitative estimate of drug-likeness (QED) is 0.592. The maximum absolute atomic E-state index is 13.4.